The van der Waals surface area contributed by atoms with Gasteiger partial charge in [0.05, 0.1) is 17.3 Å². The fourth-order valence-electron chi connectivity index (χ4n) is 3.13. The number of benzene rings is 3. The average molecular weight is 377 g/mol. The maximum Gasteiger partial charge on any atom is 0.282 e. The van der Waals surface area contributed by atoms with E-state index in [4.69, 9.17) is 0 Å². The van der Waals surface area contributed by atoms with Crippen LogP contribution in [0.15, 0.2) is 66.7 Å². The van der Waals surface area contributed by atoms with Crippen molar-refractivity contribution in [2.45, 2.75) is 19.5 Å². The van der Waals surface area contributed by atoms with E-state index in [-0.39, 0.29) is 11.9 Å². The lowest BCUT2D eigenvalue weighted by molar-refractivity contribution is -0.907. The van der Waals surface area contributed by atoms with Crippen LogP contribution in [0.1, 0.15) is 11.9 Å². The molecule has 0 spiro atoms. The summed E-state index contributed by atoms with van der Waals surface area (Å²) in [7, 11) is 2.04. The molecular formula is C22H22N3OS+. The molecule has 0 aliphatic carbocycles. The van der Waals surface area contributed by atoms with Crippen LogP contribution in [0.25, 0.3) is 21.0 Å². The normalized spacial score (nSPS) is 13.6. The van der Waals surface area contributed by atoms with Crippen LogP contribution in [-0.2, 0) is 11.3 Å². The molecule has 4 rings (SSSR count). The quantitative estimate of drug-likeness (QED) is 0.560. The third-order valence-corrected chi connectivity index (χ3v) is 5.95. The zero-order valence-electron chi connectivity index (χ0n) is 15.4. The van der Waals surface area contributed by atoms with Crippen LogP contribution in [0.4, 0.5) is 5.69 Å². The number of carbonyl (C=O) groups is 1. The highest BCUT2D eigenvalue weighted by molar-refractivity contribution is 7.18. The Morgan fingerprint density at radius 3 is 2.63 bits per heavy atom. The summed E-state index contributed by atoms with van der Waals surface area (Å²) in [4.78, 5) is 18.5. The number of hydrogen-bond acceptors (Lipinski definition) is 3. The largest absolute Gasteiger partial charge is 0.322 e. The molecular weight excluding hydrogens is 354 g/mol. The summed E-state index contributed by atoms with van der Waals surface area (Å²) in [5, 5.41) is 6.40. The van der Waals surface area contributed by atoms with Crippen molar-refractivity contribution in [3.63, 3.8) is 0 Å². The highest BCUT2D eigenvalue weighted by Gasteiger charge is 2.23. The Kier molecular flexibility index (Phi) is 4.88. The summed E-state index contributed by atoms with van der Waals surface area (Å²) in [6.45, 7) is 2.69. The van der Waals surface area contributed by atoms with Gasteiger partial charge in [-0.1, -0.05) is 42.5 Å². The van der Waals surface area contributed by atoms with Crippen LogP contribution >= 0.6 is 11.3 Å². The molecule has 0 saturated carbocycles. The molecule has 0 saturated heterocycles. The maximum atomic E-state index is 12.7. The van der Waals surface area contributed by atoms with Gasteiger partial charge in [-0.25, -0.2) is 4.98 Å². The van der Waals surface area contributed by atoms with Crippen molar-refractivity contribution in [1.29, 1.82) is 0 Å². The third-order valence-electron chi connectivity index (χ3n) is 4.92. The second kappa shape index (κ2) is 7.47. The first-order chi connectivity index (χ1) is 13.1. The number of nitrogens with zero attached hydrogens (tertiary/aromatic N) is 1. The molecule has 3 aromatic carbocycles. The molecule has 4 aromatic rings. The summed E-state index contributed by atoms with van der Waals surface area (Å²) < 4.78 is 1.19. The zero-order chi connectivity index (χ0) is 18.8. The predicted molar refractivity (Wildman–Crippen MR) is 112 cm³/mol. The van der Waals surface area contributed by atoms with Crippen molar-refractivity contribution in [2.24, 2.45) is 0 Å². The number of thiazole rings is 1. The van der Waals surface area contributed by atoms with E-state index in [1.165, 1.54) is 10.1 Å². The standard InChI is InChI=1S/C22H21N3OS/c1-15(25(2)14-21-24-19-9-5-6-10-20(19)27-21)22(26)23-18-12-11-16-7-3-4-8-17(16)13-18/h3-13,15H,14H2,1-2H3,(H,23,26)/p+1/t15-/m0/s1. The van der Waals surface area contributed by atoms with E-state index >= 15 is 0 Å². The van der Waals surface area contributed by atoms with Crippen molar-refractivity contribution in [2.75, 3.05) is 12.4 Å². The molecule has 27 heavy (non-hydrogen) atoms. The minimum absolute atomic E-state index is 0.0175. The zero-order valence-corrected chi connectivity index (χ0v) is 16.2. The Bertz CT molecular complexity index is 1070. The van der Waals surface area contributed by atoms with Crippen molar-refractivity contribution in [1.82, 2.24) is 4.98 Å². The highest BCUT2D eigenvalue weighted by Crippen LogP contribution is 2.21. The first-order valence-corrected chi connectivity index (χ1v) is 9.88. The SMILES string of the molecule is C[C@@H](C(=O)Nc1ccc2ccccc2c1)[NH+](C)Cc1nc2ccccc2s1. The minimum Gasteiger partial charge on any atom is -0.322 e. The van der Waals surface area contributed by atoms with E-state index in [9.17, 15) is 4.79 Å². The molecule has 5 heteroatoms. The molecule has 0 radical (unpaired) electrons. The number of nitrogens with one attached hydrogen (secondary N) is 2. The number of likely N-dealkylation sites (N-methyl/N-ethyl adjacent to an activating group) is 1. The van der Waals surface area contributed by atoms with E-state index in [1.807, 2.05) is 62.5 Å². The van der Waals surface area contributed by atoms with Crippen LogP contribution in [0, 0.1) is 0 Å². The Labute approximate surface area is 162 Å². The topological polar surface area (TPSA) is 46.4 Å². The van der Waals surface area contributed by atoms with E-state index in [2.05, 4.69) is 28.5 Å². The number of quaternary nitrogens is 1. The van der Waals surface area contributed by atoms with E-state index in [0.29, 0.717) is 0 Å². The molecule has 1 aromatic heterocycles. The summed E-state index contributed by atoms with van der Waals surface area (Å²) in [6.07, 6.45) is 0. The number of carbonyl (C=O) groups excluding carboxylic acids is 1. The Morgan fingerprint density at radius 1 is 1.07 bits per heavy atom. The molecule has 0 fully saturated rings. The molecule has 2 atom stereocenters. The molecule has 1 unspecified atom stereocenters. The molecule has 2 N–H and O–H groups in total. The molecule has 136 valence electrons. The summed E-state index contributed by atoms with van der Waals surface area (Å²) in [5.74, 6) is 0.0175. The van der Waals surface area contributed by atoms with E-state index in [0.717, 1.165) is 33.0 Å². The fourth-order valence-corrected chi connectivity index (χ4v) is 4.19. The number of amides is 1. The monoisotopic (exact) mass is 376 g/mol. The highest BCUT2D eigenvalue weighted by atomic mass is 32.1. The number of anilines is 1. The summed E-state index contributed by atoms with van der Waals surface area (Å²) in [5.41, 5.74) is 1.86. The van der Waals surface area contributed by atoms with Crippen LogP contribution in [-0.4, -0.2) is 24.0 Å². The van der Waals surface area contributed by atoms with E-state index < -0.39 is 0 Å². The fraction of sp³-hybridized carbons (Fsp3) is 0.182. The molecule has 4 nitrogen and oxygen atoms in total. The van der Waals surface area contributed by atoms with Gasteiger partial charge in [0.2, 0.25) is 0 Å². The van der Waals surface area contributed by atoms with Gasteiger partial charge in [0, 0.05) is 5.69 Å². The molecule has 0 aliphatic rings. The Morgan fingerprint density at radius 2 is 1.81 bits per heavy atom. The smallest absolute Gasteiger partial charge is 0.282 e. The predicted octanol–water partition coefficient (Wildman–Crippen LogP) is 3.49. The number of fused-ring (bicyclic) bond motifs is 2. The van der Waals surface area contributed by atoms with Gasteiger partial charge in [-0.05, 0) is 42.0 Å². The number of para-hydroxylation sites is 1. The first kappa shape index (κ1) is 17.6. The second-order valence-electron chi connectivity index (χ2n) is 6.87. The van der Waals surface area contributed by atoms with Gasteiger partial charge in [-0.2, -0.15) is 0 Å². The van der Waals surface area contributed by atoms with Gasteiger partial charge in [0.25, 0.3) is 5.91 Å². The summed E-state index contributed by atoms with van der Waals surface area (Å²) >= 11 is 1.70. The van der Waals surface area contributed by atoms with Crippen LogP contribution in [0.2, 0.25) is 0 Å². The lowest BCUT2D eigenvalue weighted by Crippen LogP contribution is -3.12. The lowest BCUT2D eigenvalue weighted by atomic mass is 10.1. The van der Waals surface area contributed by atoms with Gasteiger partial charge in [-0.15, -0.1) is 11.3 Å². The first-order valence-electron chi connectivity index (χ1n) is 9.06. The lowest BCUT2D eigenvalue weighted by Gasteiger charge is -2.20. The number of aromatic nitrogens is 1. The van der Waals surface area contributed by atoms with Gasteiger partial charge in [-0.3, -0.25) is 4.79 Å². The molecule has 0 bridgehead atoms. The van der Waals surface area contributed by atoms with Crippen molar-refractivity contribution < 1.29 is 9.69 Å². The van der Waals surface area contributed by atoms with Gasteiger partial charge in [0.1, 0.15) is 11.6 Å². The maximum absolute atomic E-state index is 12.7. The summed E-state index contributed by atoms with van der Waals surface area (Å²) in [6, 6.07) is 22.1. The minimum atomic E-state index is -0.177. The molecule has 1 amide bonds. The van der Waals surface area contributed by atoms with Gasteiger partial charge < -0.3 is 10.2 Å². The Hall–Kier alpha value is -2.76. The molecule has 0 aliphatic heterocycles. The van der Waals surface area contributed by atoms with Gasteiger partial charge >= 0.3 is 0 Å². The van der Waals surface area contributed by atoms with Crippen LogP contribution < -0.4 is 10.2 Å². The number of rotatable bonds is 5. The number of hydrogen-bond donors (Lipinski definition) is 2. The van der Waals surface area contributed by atoms with Crippen LogP contribution in [0.3, 0.4) is 0 Å². The van der Waals surface area contributed by atoms with Crippen LogP contribution in [0.5, 0.6) is 0 Å². The van der Waals surface area contributed by atoms with Gasteiger partial charge in [0.15, 0.2) is 6.04 Å². The van der Waals surface area contributed by atoms with Crippen molar-refractivity contribution >= 4 is 43.9 Å². The Balaban J connectivity index is 1.43. The second-order valence-corrected chi connectivity index (χ2v) is 7.99. The molecule has 1 heterocycles. The van der Waals surface area contributed by atoms with Crippen molar-refractivity contribution in [3.8, 4) is 0 Å². The third kappa shape index (κ3) is 3.84. The van der Waals surface area contributed by atoms with Crippen molar-refractivity contribution in [3.05, 3.63) is 71.7 Å². The van der Waals surface area contributed by atoms with E-state index in [1.54, 1.807) is 11.3 Å². The average Bonchev–Trinajstić information content (AvgIpc) is 3.09.